The Hall–Kier alpha value is -3.32. The van der Waals surface area contributed by atoms with Crippen LogP contribution in [0.5, 0.6) is 0 Å². The number of carbonyl (C=O) groups is 1. The quantitative estimate of drug-likeness (QED) is 0.704. The molecule has 1 saturated heterocycles. The standard InChI is InChI=1S/C23H26N6O/c1-27-10-12-28(13-11-27)18-8-6-17(7-9-18)26-23(30)25-15-22-20-5-3-2-4-19(20)21-14-24-16-29(21)22/h2-9,14,16,22H,10-13,15H2,1H3,(H2,25,26,30). The normalized spacial score (nSPS) is 18.0. The van der Waals surface area contributed by atoms with Gasteiger partial charge in [0.2, 0.25) is 0 Å². The zero-order valence-electron chi connectivity index (χ0n) is 17.1. The van der Waals surface area contributed by atoms with Crippen LogP contribution in [-0.4, -0.2) is 60.3 Å². The summed E-state index contributed by atoms with van der Waals surface area (Å²) in [4.78, 5) is 21.5. The number of rotatable bonds is 4. The minimum Gasteiger partial charge on any atom is -0.369 e. The Morgan fingerprint density at radius 1 is 1.07 bits per heavy atom. The van der Waals surface area contributed by atoms with E-state index >= 15 is 0 Å². The molecule has 2 aromatic carbocycles. The average molecular weight is 403 g/mol. The Kier molecular flexibility index (Phi) is 4.88. The predicted molar refractivity (Wildman–Crippen MR) is 119 cm³/mol. The molecule has 2 amide bonds. The van der Waals surface area contributed by atoms with Crippen molar-refractivity contribution in [1.29, 1.82) is 0 Å². The maximum absolute atomic E-state index is 12.5. The van der Waals surface area contributed by atoms with Gasteiger partial charge in [-0.05, 0) is 36.9 Å². The molecule has 0 spiro atoms. The van der Waals surface area contributed by atoms with Gasteiger partial charge in [-0.1, -0.05) is 24.3 Å². The smallest absolute Gasteiger partial charge is 0.319 e. The summed E-state index contributed by atoms with van der Waals surface area (Å²) in [6.45, 7) is 4.72. The molecule has 30 heavy (non-hydrogen) atoms. The number of amides is 2. The molecule has 0 aliphatic carbocycles. The zero-order chi connectivity index (χ0) is 20.5. The Bertz CT molecular complexity index is 1040. The Morgan fingerprint density at radius 3 is 2.63 bits per heavy atom. The lowest BCUT2D eigenvalue weighted by Crippen LogP contribution is -2.44. The van der Waals surface area contributed by atoms with Crippen molar-refractivity contribution < 1.29 is 4.79 Å². The third-order valence-electron chi connectivity index (χ3n) is 6.05. The van der Waals surface area contributed by atoms with Crippen molar-refractivity contribution in [2.45, 2.75) is 6.04 Å². The molecule has 0 saturated carbocycles. The molecular weight excluding hydrogens is 376 g/mol. The van der Waals surface area contributed by atoms with Crippen LogP contribution in [-0.2, 0) is 0 Å². The maximum Gasteiger partial charge on any atom is 0.319 e. The van der Waals surface area contributed by atoms with Gasteiger partial charge in [-0.3, -0.25) is 0 Å². The second-order valence-electron chi connectivity index (χ2n) is 7.96. The Labute approximate surface area is 176 Å². The topological polar surface area (TPSA) is 65.4 Å². The highest BCUT2D eigenvalue weighted by molar-refractivity contribution is 5.89. The van der Waals surface area contributed by atoms with Gasteiger partial charge in [0, 0.05) is 49.7 Å². The van der Waals surface area contributed by atoms with E-state index in [-0.39, 0.29) is 12.1 Å². The lowest BCUT2D eigenvalue weighted by Gasteiger charge is -2.34. The van der Waals surface area contributed by atoms with E-state index in [2.05, 4.69) is 61.3 Å². The molecule has 2 aliphatic heterocycles. The predicted octanol–water partition coefficient (Wildman–Crippen LogP) is 3.03. The molecule has 1 aromatic heterocycles. The zero-order valence-corrected chi connectivity index (χ0v) is 17.1. The number of anilines is 2. The molecule has 2 aliphatic rings. The van der Waals surface area contributed by atoms with Crippen LogP contribution < -0.4 is 15.5 Å². The summed E-state index contributed by atoms with van der Waals surface area (Å²) in [7, 11) is 2.15. The number of hydrogen-bond donors (Lipinski definition) is 2. The monoisotopic (exact) mass is 402 g/mol. The van der Waals surface area contributed by atoms with E-state index in [4.69, 9.17) is 0 Å². The van der Waals surface area contributed by atoms with E-state index in [0.29, 0.717) is 6.54 Å². The average Bonchev–Trinajstić information content (AvgIpc) is 3.35. The molecule has 3 aromatic rings. The summed E-state index contributed by atoms with van der Waals surface area (Å²) in [5.41, 5.74) is 5.48. The fourth-order valence-electron chi connectivity index (χ4n) is 4.33. The summed E-state index contributed by atoms with van der Waals surface area (Å²) in [5, 5.41) is 5.96. The van der Waals surface area contributed by atoms with Crippen LogP contribution in [0.25, 0.3) is 11.3 Å². The number of fused-ring (bicyclic) bond motifs is 3. The highest BCUT2D eigenvalue weighted by Gasteiger charge is 2.28. The summed E-state index contributed by atoms with van der Waals surface area (Å²) in [5.74, 6) is 0. The van der Waals surface area contributed by atoms with Crippen LogP contribution in [0.2, 0.25) is 0 Å². The summed E-state index contributed by atoms with van der Waals surface area (Å²) in [6.07, 6.45) is 3.71. The van der Waals surface area contributed by atoms with Gasteiger partial charge >= 0.3 is 6.03 Å². The van der Waals surface area contributed by atoms with Crippen LogP contribution in [0.1, 0.15) is 11.6 Å². The van der Waals surface area contributed by atoms with Gasteiger partial charge in [0.25, 0.3) is 0 Å². The molecule has 7 nitrogen and oxygen atoms in total. The van der Waals surface area contributed by atoms with Gasteiger partial charge in [-0.2, -0.15) is 0 Å². The van der Waals surface area contributed by atoms with E-state index in [1.165, 1.54) is 16.8 Å². The number of hydrogen-bond acceptors (Lipinski definition) is 4. The van der Waals surface area contributed by atoms with Crippen LogP contribution in [0.4, 0.5) is 16.2 Å². The van der Waals surface area contributed by atoms with Gasteiger partial charge in [0.15, 0.2) is 0 Å². The number of likely N-dealkylation sites (N-methyl/N-ethyl adjacent to an activating group) is 1. The van der Waals surface area contributed by atoms with Crippen LogP contribution in [0.3, 0.4) is 0 Å². The van der Waals surface area contributed by atoms with Crippen molar-refractivity contribution in [3.8, 4) is 11.3 Å². The molecular formula is C23H26N6O. The van der Waals surface area contributed by atoms with E-state index in [1.54, 1.807) is 0 Å². The maximum atomic E-state index is 12.5. The molecule has 3 heterocycles. The number of nitrogens with one attached hydrogen (secondary N) is 2. The fourth-order valence-corrected chi connectivity index (χ4v) is 4.33. The van der Waals surface area contributed by atoms with Crippen LogP contribution >= 0.6 is 0 Å². The third-order valence-corrected chi connectivity index (χ3v) is 6.05. The van der Waals surface area contributed by atoms with Gasteiger partial charge in [0.05, 0.1) is 24.3 Å². The molecule has 2 N–H and O–H groups in total. The number of benzene rings is 2. The van der Waals surface area contributed by atoms with E-state index in [0.717, 1.165) is 37.6 Å². The van der Waals surface area contributed by atoms with Crippen molar-refractivity contribution in [3.05, 3.63) is 66.6 Å². The van der Waals surface area contributed by atoms with E-state index in [1.807, 2.05) is 36.8 Å². The third kappa shape index (κ3) is 3.52. The highest BCUT2D eigenvalue weighted by atomic mass is 16.2. The first-order valence-corrected chi connectivity index (χ1v) is 10.4. The molecule has 0 bridgehead atoms. The fraction of sp³-hybridized carbons (Fsp3) is 0.304. The van der Waals surface area contributed by atoms with Gasteiger partial charge < -0.3 is 25.0 Å². The van der Waals surface area contributed by atoms with Crippen molar-refractivity contribution in [2.24, 2.45) is 0 Å². The molecule has 0 radical (unpaired) electrons. The number of piperazine rings is 1. The van der Waals surface area contributed by atoms with E-state index < -0.39 is 0 Å². The van der Waals surface area contributed by atoms with Gasteiger partial charge in [-0.25, -0.2) is 9.78 Å². The SMILES string of the molecule is CN1CCN(c2ccc(NC(=O)NCC3c4ccccc4-c4cncn43)cc2)CC1. The Balaban J connectivity index is 1.19. The largest absolute Gasteiger partial charge is 0.369 e. The minimum absolute atomic E-state index is 0.0593. The van der Waals surface area contributed by atoms with Crippen molar-refractivity contribution in [2.75, 3.05) is 50.0 Å². The van der Waals surface area contributed by atoms with Crippen LogP contribution in [0.15, 0.2) is 61.1 Å². The second kappa shape index (κ2) is 7.84. The number of imidazole rings is 1. The summed E-state index contributed by atoms with van der Waals surface area (Å²) >= 11 is 0. The minimum atomic E-state index is -0.201. The summed E-state index contributed by atoms with van der Waals surface area (Å²) < 4.78 is 2.12. The van der Waals surface area contributed by atoms with Crippen molar-refractivity contribution in [3.63, 3.8) is 0 Å². The molecule has 1 atom stereocenters. The van der Waals surface area contributed by atoms with Crippen molar-refractivity contribution >= 4 is 17.4 Å². The number of carbonyl (C=O) groups excluding carboxylic acids is 1. The second-order valence-corrected chi connectivity index (χ2v) is 7.96. The number of nitrogens with zero attached hydrogens (tertiary/aromatic N) is 4. The Morgan fingerprint density at radius 2 is 1.83 bits per heavy atom. The first-order valence-electron chi connectivity index (χ1n) is 10.4. The first kappa shape index (κ1) is 18.7. The number of urea groups is 1. The van der Waals surface area contributed by atoms with Gasteiger partial charge in [0.1, 0.15) is 0 Å². The molecule has 7 heteroatoms. The highest BCUT2D eigenvalue weighted by Crippen LogP contribution is 2.38. The number of aromatic nitrogens is 2. The lowest BCUT2D eigenvalue weighted by atomic mass is 10.0. The molecule has 1 unspecified atom stereocenters. The molecule has 154 valence electrons. The lowest BCUT2D eigenvalue weighted by molar-refractivity contribution is 0.251. The van der Waals surface area contributed by atoms with Gasteiger partial charge in [-0.15, -0.1) is 0 Å². The first-order chi connectivity index (χ1) is 14.7. The molecule has 5 rings (SSSR count). The molecule has 1 fully saturated rings. The van der Waals surface area contributed by atoms with Crippen LogP contribution in [0, 0.1) is 0 Å². The summed E-state index contributed by atoms with van der Waals surface area (Å²) in [6, 6.07) is 16.2. The van der Waals surface area contributed by atoms with Crippen molar-refractivity contribution in [1.82, 2.24) is 19.8 Å². The van der Waals surface area contributed by atoms with E-state index in [9.17, 15) is 4.79 Å².